The van der Waals surface area contributed by atoms with E-state index in [1.807, 2.05) is 6.07 Å². The standard InChI is InChI=1S/C21H25ClN2OS/c1-21(2,3)16-12-14(6-9-18(16)25-4)20-24-17-8-7-15(13-19(17)26-20)23-11-5-10-22/h6-9,12-13,23H,5,10-11H2,1-4H3. The fourth-order valence-corrected chi connectivity index (χ4v) is 4.02. The van der Waals surface area contributed by atoms with E-state index < -0.39 is 0 Å². The minimum atomic E-state index is 0.0115. The van der Waals surface area contributed by atoms with Crippen LogP contribution in [0.1, 0.15) is 32.8 Å². The third-order valence-corrected chi connectivity index (χ3v) is 5.62. The molecule has 0 aliphatic carbocycles. The number of nitrogens with zero attached hydrogens (tertiary/aromatic N) is 1. The third-order valence-electron chi connectivity index (χ3n) is 4.28. The van der Waals surface area contributed by atoms with Crippen LogP contribution in [0.3, 0.4) is 0 Å². The van der Waals surface area contributed by atoms with Crippen molar-refractivity contribution in [1.29, 1.82) is 0 Å². The molecule has 0 saturated heterocycles. The number of hydrogen-bond donors (Lipinski definition) is 1. The van der Waals surface area contributed by atoms with Crippen LogP contribution >= 0.6 is 22.9 Å². The van der Waals surface area contributed by atoms with Gasteiger partial charge in [0.05, 0.1) is 17.3 Å². The smallest absolute Gasteiger partial charge is 0.124 e. The largest absolute Gasteiger partial charge is 0.496 e. The fourth-order valence-electron chi connectivity index (χ4n) is 2.88. The number of methoxy groups -OCH3 is 1. The van der Waals surface area contributed by atoms with Gasteiger partial charge in [0.15, 0.2) is 0 Å². The molecule has 26 heavy (non-hydrogen) atoms. The van der Waals surface area contributed by atoms with Crippen molar-refractivity contribution in [2.24, 2.45) is 0 Å². The molecule has 1 aromatic heterocycles. The van der Waals surface area contributed by atoms with E-state index in [0.29, 0.717) is 5.88 Å². The van der Waals surface area contributed by atoms with Crippen molar-refractivity contribution >= 4 is 38.8 Å². The third kappa shape index (κ3) is 4.13. The van der Waals surface area contributed by atoms with Gasteiger partial charge in [-0.05, 0) is 48.2 Å². The first kappa shape index (κ1) is 19.0. The summed E-state index contributed by atoms with van der Waals surface area (Å²) >= 11 is 7.46. The maximum Gasteiger partial charge on any atom is 0.124 e. The Morgan fingerprint density at radius 1 is 1.15 bits per heavy atom. The first-order chi connectivity index (χ1) is 12.4. The molecular weight excluding hydrogens is 364 g/mol. The van der Waals surface area contributed by atoms with Gasteiger partial charge in [0.1, 0.15) is 10.8 Å². The van der Waals surface area contributed by atoms with Crippen molar-refractivity contribution in [3.63, 3.8) is 0 Å². The van der Waals surface area contributed by atoms with Crippen molar-refractivity contribution in [3.8, 4) is 16.3 Å². The lowest BCUT2D eigenvalue weighted by Gasteiger charge is -2.22. The van der Waals surface area contributed by atoms with Crippen LogP contribution in [0.25, 0.3) is 20.8 Å². The highest BCUT2D eigenvalue weighted by Crippen LogP contribution is 2.37. The molecule has 138 valence electrons. The summed E-state index contributed by atoms with van der Waals surface area (Å²) < 4.78 is 6.73. The zero-order valence-corrected chi connectivity index (χ0v) is 17.3. The second kappa shape index (κ2) is 7.85. The summed E-state index contributed by atoms with van der Waals surface area (Å²) in [6.45, 7) is 7.48. The van der Waals surface area contributed by atoms with Crippen LogP contribution in [0.5, 0.6) is 5.75 Å². The normalized spacial score (nSPS) is 11.7. The van der Waals surface area contributed by atoms with Gasteiger partial charge in [-0.1, -0.05) is 20.8 Å². The number of alkyl halides is 1. The molecule has 0 bridgehead atoms. The first-order valence-corrected chi connectivity index (χ1v) is 10.2. The zero-order valence-electron chi connectivity index (χ0n) is 15.7. The van der Waals surface area contributed by atoms with E-state index in [-0.39, 0.29) is 5.41 Å². The number of fused-ring (bicyclic) bond motifs is 1. The number of rotatable bonds is 6. The second-order valence-electron chi connectivity index (χ2n) is 7.34. The minimum Gasteiger partial charge on any atom is -0.496 e. The Labute approximate surface area is 164 Å². The van der Waals surface area contributed by atoms with Gasteiger partial charge in [0.2, 0.25) is 0 Å². The van der Waals surface area contributed by atoms with E-state index in [0.717, 1.165) is 40.5 Å². The molecule has 0 aliphatic rings. The Hall–Kier alpha value is -1.78. The number of thiazole rings is 1. The fraction of sp³-hybridized carbons (Fsp3) is 0.381. The summed E-state index contributed by atoms with van der Waals surface area (Å²) in [5, 5.41) is 4.44. The van der Waals surface area contributed by atoms with Gasteiger partial charge < -0.3 is 10.1 Å². The molecule has 0 saturated carbocycles. The molecule has 1 heterocycles. The summed E-state index contributed by atoms with van der Waals surface area (Å²) in [4.78, 5) is 4.83. The number of benzene rings is 2. The van der Waals surface area contributed by atoms with Crippen LogP contribution in [-0.4, -0.2) is 24.5 Å². The predicted molar refractivity (Wildman–Crippen MR) is 114 cm³/mol. The molecule has 0 fully saturated rings. The monoisotopic (exact) mass is 388 g/mol. The molecule has 0 atom stereocenters. The Bertz CT molecular complexity index is 899. The molecule has 0 spiro atoms. The molecule has 0 unspecified atom stereocenters. The quantitative estimate of drug-likeness (QED) is 0.396. The number of halogens is 1. The molecule has 0 radical (unpaired) electrons. The number of hydrogen-bond acceptors (Lipinski definition) is 4. The van der Waals surface area contributed by atoms with Crippen LogP contribution in [0, 0.1) is 0 Å². The SMILES string of the molecule is COc1ccc(-c2nc3ccc(NCCCCl)cc3s2)cc1C(C)(C)C. The Balaban J connectivity index is 1.95. The van der Waals surface area contributed by atoms with E-state index >= 15 is 0 Å². The van der Waals surface area contributed by atoms with Crippen molar-refractivity contribution in [2.45, 2.75) is 32.6 Å². The van der Waals surface area contributed by atoms with Gasteiger partial charge >= 0.3 is 0 Å². The maximum absolute atomic E-state index is 5.74. The molecule has 3 nitrogen and oxygen atoms in total. The van der Waals surface area contributed by atoms with Crippen LogP contribution in [0.15, 0.2) is 36.4 Å². The minimum absolute atomic E-state index is 0.0115. The molecule has 2 aromatic carbocycles. The first-order valence-electron chi connectivity index (χ1n) is 8.81. The Kier molecular flexibility index (Phi) is 5.73. The summed E-state index contributed by atoms with van der Waals surface area (Å²) in [6.07, 6.45) is 0.953. The lowest BCUT2D eigenvalue weighted by Crippen LogP contribution is -2.12. The zero-order chi connectivity index (χ0) is 18.7. The number of nitrogens with one attached hydrogen (secondary N) is 1. The second-order valence-corrected chi connectivity index (χ2v) is 8.74. The number of aromatic nitrogens is 1. The van der Waals surface area contributed by atoms with Gasteiger partial charge in [-0.3, -0.25) is 0 Å². The summed E-state index contributed by atoms with van der Waals surface area (Å²) in [7, 11) is 1.72. The topological polar surface area (TPSA) is 34.1 Å². The highest BCUT2D eigenvalue weighted by molar-refractivity contribution is 7.21. The molecule has 5 heteroatoms. The van der Waals surface area contributed by atoms with E-state index in [9.17, 15) is 0 Å². The van der Waals surface area contributed by atoms with Crippen molar-refractivity contribution in [3.05, 3.63) is 42.0 Å². The highest BCUT2D eigenvalue weighted by Gasteiger charge is 2.20. The molecule has 3 rings (SSSR count). The van der Waals surface area contributed by atoms with Gasteiger partial charge in [0, 0.05) is 29.2 Å². The lowest BCUT2D eigenvalue weighted by molar-refractivity contribution is 0.397. The van der Waals surface area contributed by atoms with Crippen LogP contribution in [0.2, 0.25) is 0 Å². The van der Waals surface area contributed by atoms with Crippen molar-refractivity contribution in [2.75, 3.05) is 24.9 Å². The molecular formula is C21H25ClN2OS. The molecule has 0 amide bonds. The number of ether oxygens (including phenoxy) is 1. The average Bonchev–Trinajstić information content (AvgIpc) is 3.04. The van der Waals surface area contributed by atoms with Gasteiger partial charge in [-0.2, -0.15) is 0 Å². The highest BCUT2D eigenvalue weighted by atomic mass is 35.5. The Morgan fingerprint density at radius 3 is 2.65 bits per heavy atom. The molecule has 0 aliphatic heterocycles. The van der Waals surface area contributed by atoms with Gasteiger partial charge in [-0.15, -0.1) is 22.9 Å². The number of anilines is 1. The maximum atomic E-state index is 5.74. The van der Waals surface area contributed by atoms with E-state index in [1.54, 1.807) is 18.4 Å². The Morgan fingerprint density at radius 2 is 1.96 bits per heavy atom. The van der Waals surface area contributed by atoms with Crippen LogP contribution < -0.4 is 10.1 Å². The summed E-state index contributed by atoms with van der Waals surface area (Å²) in [5.41, 5.74) is 4.48. The summed E-state index contributed by atoms with van der Waals surface area (Å²) in [6, 6.07) is 12.7. The van der Waals surface area contributed by atoms with Gasteiger partial charge in [-0.25, -0.2) is 4.98 Å². The van der Waals surface area contributed by atoms with E-state index in [1.165, 1.54) is 10.3 Å². The summed E-state index contributed by atoms with van der Waals surface area (Å²) in [5.74, 6) is 1.60. The van der Waals surface area contributed by atoms with E-state index in [2.05, 4.69) is 56.4 Å². The van der Waals surface area contributed by atoms with Crippen LogP contribution in [-0.2, 0) is 5.41 Å². The van der Waals surface area contributed by atoms with Crippen molar-refractivity contribution in [1.82, 2.24) is 4.98 Å². The van der Waals surface area contributed by atoms with Gasteiger partial charge in [0.25, 0.3) is 0 Å². The van der Waals surface area contributed by atoms with Crippen LogP contribution in [0.4, 0.5) is 5.69 Å². The molecule has 1 N–H and O–H groups in total. The van der Waals surface area contributed by atoms with E-state index in [4.69, 9.17) is 21.3 Å². The average molecular weight is 389 g/mol. The lowest BCUT2D eigenvalue weighted by atomic mass is 9.85. The predicted octanol–water partition coefficient (Wildman–Crippen LogP) is 6.31. The van der Waals surface area contributed by atoms with Crippen molar-refractivity contribution < 1.29 is 4.74 Å². The molecule has 3 aromatic rings.